The van der Waals surface area contributed by atoms with Crippen molar-refractivity contribution in [1.82, 2.24) is 4.98 Å². The lowest BCUT2D eigenvalue weighted by atomic mass is 10.1. The fraction of sp³-hybridized carbons (Fsp3) is 0.250. The maximum absolute atomic E-state index is 12.0. The van der Waals surface area contributed by atoms with Gasteiger partial charge in [-0.1, -0.05) is 6.07 Å². The number of anilines is 1. The van der Waals surface area contributed by atoms with Crippen LogP contribution in [0.5, 0.6) is 0 Å². The molecule has 1 saturated heterocycles. The van der Waals surface area contributed by atoms with Crippen molar-refractivity contribution in [1.29, 1.82) is 0 Å². The molecule has 0 radical (unpaired) electrons. The second kappa shape index (κ2) is 6.61. The molecule has 0 spiro atoms. The molecule has 1 atom stereocenters. The molecule has 6 heteroatoms. The molecule has 2 N–H and O–H groups in total. The summed E-state index contributed by atoms with van der Waals surface area (Å²) >= 11 is 0. The van der Waals surface area contributed by atoms with Gasteiger partial charge in [0, 0.05) is 62.9 Å². The Morgan fingerprint density at radius 2 is 1.88 bits per heavy atom. The second-order valence-corrected chi connectivity index (χ2v) is 8.00. The lowest BCUT2D eigenvalue weighted by molar-refractivity contribution is 0.0697. The van der Waals surface area contributed by atoms with Crippen molar-refractivity contribution in [2.45, 2.75) is 17.7 Å². The summed E-state index contributed by atoms with van der Waals surface area (Å²) in [5.74, 6) is -0.941. The van der Waals surface area contributed by atoms with Crippen molar-refractivity contribution < 1.29 is 14.1 Å². The molecular formula is C20H20N2O3S. The molecule has 2 aromatic carbocycles. The van der Waals surface area contributed by atoms with E-state index in [1.54, 1.807) is 18.4 Å². The lowest BCUT2D eigenvalue weighted by Crippen LogP contribution is -2.18. The van der Waals surface area contributed by atoms with Crippen LogP contribution in [-0.2, 0) is 10.8 Å². The van der Waals surface area contributed by atoms with Crippen LogP contribution in [0.25, 0.3) is 22.2 Å². The fourth-order valence-electron chi connectivity index (χ4n) is 3.55. The van der Waals surface area contributed by atoms with Gasteiger partial charge in [0.25, 0.3) is 0 Å². The number of fused-ring (bicyclic) bond motifs is 1. The number of hydrogen-bond acceptors (Lipinski definition) is 3. The van der Waals surface area contributed by atoms with E-state index in [1.807, 2.05) is 30.3 Å². The van der Waals surface area contributed by atoms with Gasteiger partial charge in [0.2, 0.25) is 0 Å². The van der Waals surface area contributed by atoms with E-state index in [0.29, 0.717) is 0 Å². The van der Waals surface area contributed by atoms with Gasteiger partial charge in [0.15, 0.2) is 0 Å². The highest BCUT2D eigenvalue weighted by Crippen LogP contribution is 2.35. The van der Waals surface area contributed by atoms with E-state index in [-0.39, 0.29) is 5.56 Å². The van der Waals surface area contributed by atoms with E-state index in [2.05, 4.69) is 9.88 Å². The zero-order valence-electron chi connectivity index (χ0n) is 14.5. The number of aromatic amines is 1. The van der Waals surface area contributed by atoms with Crippen molar-refractivity contribution in [3.63, 3.8) is 0 Å². The summed E-state index contributed by atoms with van der Waals surface area (Å²) in [6.45, 7) is 2.04. The Morgan fingerprint density at radius 1 is 1.12 bits per heavy atom. The molecule has 2 heterocycles. The van der Waals surface area contributed by atoms with Crippen molar-refractivity contribution in [3.05, 3.63) is 48.0 Å². The number of carboxylic acid groups (broad SMARTS) is 1. The molecule has 1 aliphatic heterocycles. The van der Waals surface area contributed by atoms with Crippen LogP contribution in [0.3, 0.4) is 0 Å². The number of carbonyl (C=O) groups is 1. The molecule has 4 rings (SSSR count). The van der Waals surface area contributed by atoms with Crippen LogP contribution in [0.2, 0.25) is 0 Å². The Labute approximate surface area is 154 Å². The Bertz CT molecular complexity index is 1020. The summed E-state index contributed by atoms with van der Waals surface area (Å²) < 4.78 is 12.0. The number of benzene rings is 2. The summed E-state index contributed by atoms with van der Waals surface area (Å²) in [5.41, 5.74) is 4.09. The SMILES string of the molecule is C[S@@](=O)c1ccc(N2CCCC2)c(-c2cc3ccc(C(=O)O)cc3[nH]2)c1. The predicted octanol–water partition coefficient (Wildman–Crippen LogP) is 3.87. The number of nitrogens with zero attached hydrogens (tertiary/aromatic N) is 1. The van der Waals surface area contributed by atoms with E-state index < -0.39 is 16.8 Å². The Morgan fingerprint density at radius 3 is 2.58 bits per heavy atom. The third-order valence-corrected chi connectivity index (χ3v) is 5.82. The molecule has 1 aliphatic rings. The summed E-state index contributed by atoms with van der Waals surface area (Å²) in [6.07, 6.45) is 4.03. The highest BCUT2D eigenvalue weighted by molar-refractivity contribution is 7.84. The van der Waals surface area contributed by atoms with Gasteiger partial charge in [0.1, 0.15) is 0 Å². The molecule has 1 fully saturated rings. The van der Waals surface area contributed by atoms with E-state index in [1.165, 1.54) is 12.8 Å². The van der Waals surface area contributed by atoms with Gasteiger partial charge in [-0.05, 0) is 49.2 Å². The van der Waals surface area contributed by atoms with Crippen molar-refractivity contribution in [2.75, 3.05) is 24.2 Å². The summed E-state index contributed by atoms with van der Waals surface area (Å²) in [4.78, 5) is 17.7. The zero-order chi connectivity index (χ0) is 18.3. The highest BCUT2D eigenvalue weighted by Gasteiger charge is 2.19. The minimum atomic E-state index is -1.06. The molecule has 0 amide bonds. The molecule has 134 valence electrons. The number of aromatic carboxylic acids is 1. The predicted molar refractivity (Wildman–Crippen MR) is 104 cm³/mol. The van der Waals surface area contributed by atoms with Crippen LogP contribution in [0, 0.1) is 0 Å². The first-order chi connectivity index (χ1) is 12.5. The quantitative estimate of drug-likeness (QED) is 0.733. The Kier molecular flexibility index (Phi) is 4.28. The van der Waals surface area contributed by atoms with Crippen LogP contribution in [0.15, 0.2) is 47.4 Å². The van der Waals surface area contributed by atoms with Gasteiger partial charge in [-0.2, -0.15) is 0 Å². The molecule has 0 aliphatic carbocycles. The molecular weight excluding hydrogens is 348 g/mol. The van der Waals surface area contributed by atoms with Crippen LogP contribution in [0.4, 0.5) is 5.69 Å². The standard InChI is InChI=1S/C20H20N2O3S/c1-26(25)15-6-7-19(22-8-2-3-9-22)16(12-15)18-10-13-4-5-14(20(23)24)11-17(13)21-18/h4-7,10-12,21H,2-3,8-9H2,1H3,(H,23,24)/t26-/m1/s1. The van der Waals surface area contributed by atoms with E-state index in [9.17, 15) is 14.1 Å². The molecule has 26 heavy (non-hydrogen) atoms. The highest BCUT2D eigenvalue weighted by atomic mass is 32.2. The summed E-state index contributed by atoms with van der Waals surface area (Å²) in [7, 11) is -1.06. The minimum Gasteiger partial charge on any atom is -0.478 e. The number of nitrogens with one attached hydrogen (secondary N) is 1. The number of rotatable bonds is 4. The molecule has 0 bridgehead atoms. The first-order valence-corrected chi connectivity index (χ1v) is 10.2. The fourth-order valence-corrected chi connectivity index (χ4v) is 4.09. The average Bonchev–Trinajstić information content (AvgIpc) is 3.29. The molecule has 0 unspecified atom stereocenters. The number of H-pyrrole nitrogens is 1. The van der Waals surface area contributed by atoms with E-state index in [4.69, 9.17) is 0 Å². The zero-order valence-corrected chi connectivity index (χ0v) is 15.3. The average molecular weight is 368 g/mol. The monoisotopic (exact) mass is 368 g/mol. The van der Waals surface area contributed by atoms with Crippen molar-refractivity contribution in [2.24, 2.45) is 0 Å². The smallest absolute Gasteiger partial charge is 0.335 e. The largest absolute Gasteiger partial charge is 0.478 e. The third-order valence-electron chi connectivity index (χ3n) is 4.91. The van der Waals surface area contributed by atoms with Crippen LogP contribution < -0.4 is 4.90 Å². The summed E-state index contributed by atoms with van der Waals surface area (Å²) in [5, 5.41) is 10.2. The van der Waals surface area contributed by atoms with E-state index >= 15 is 0 Å². The second-order valence-electron chi connectivity index (χ2n) is 6.62. The maximum Gasteiger partial charge on any atom is 0.335 e. The van der Waals surface area contributed by atoms with Crippen molar-refractivity contribution >= 4 is 33.4 Å². The van der Waals surface area contributed by atoms with Crippen molar-refractivity contribution in [3.8, 4) is 11.3 Å². The molecule has 0 saturated carbocycles. The van der Waals surface area contributed by atoms with Crippen LogP contribution in [-0.4, -0.2) is 39.6 Å². The van der Waals surface area contributed by atoms with Gasteiger partial charge in [-0.25, -0.2) is 4.79 Å². The normalized spacial score (nSPS) is 15.5. The lowest BCUT2D eigenvalue weighted by Gasteiger charge is -2.21. The summed E-state index contributed by atoms with van der Waals surface area (Å²) in [6, 6.07) is 13.1. The Balaban J connectivity index is 1.87. The minimum absolute atomic E-state index is 0.258. The first kappa shape index (κ1) is 16.8. The number of carboxylic acids is 1. The number of aromatic nitrogens is 1. The van der Waals surface area contributed by atoms with Gasteiger partial charge >= 0.3 is 5.97 Å². The molecule has 1 aromatic heterocycles. The topological polar surface area (TPSA) is 73.4 Å². The van der Waals surface area contributed by atoms with Gasteiger partial charge in [-0.3, -0.25) is 4.21 Å². The Hall–Kier alpha value is -2.60. The molecule has 5 nitrogen and oxygen atoms in total. The van der Waals surface area contributed by atoms with Gasteiger partial charge in [-0.15, -0.1) is 0 Å². The first-order valence-electron chi connectivity index (χ1n) is 8.62. The van der Waals surface area contributed by atoms with Gasteiger partial charge in [0.05, 0.1) is 5.56 Å². The number of hydrogen-bond donors (Lipinski definition) is 2. The van der Waals surface area contributed by atoms with E-state index in [0.717, 1.165) is 45.8 Å². The third kappa shape index (κ3) is 3.01. The van der Waals surface area contributed by atoms with Crippen LogP contribution in [0.1, 0.15) is 23.2 Å². The maximum atomic E-state index is 12.0. The molecule has 3 aromatic rings. The van der Waals surface area contributed by atoms with Crippen LogP contribution >= 0.6 is 0 Å². The van der Waals surface area contributed by atoms with Gasteiger partial charge < -0.3 is 15.0 Å².